The van der Waals surface area contributed by atoms with Crippen LogP contribution in [0.1, 0.15) is 27.6 Å². The zero-order valence-electron chi connectivity index (χ0n) is 18.9. The second-order valence-corrected chi connectivity index (χ2v) is 9.22. The molecule has 0 heterocycles. The quantitative estimate of drug-likeness (QED) is 0.0792. The molecule has 4 rings (SSSR count). The van der Waals surface area contributed by atoms with E-state index in [0.29, 0.717) is 11.1 Å². The van der Waals surface area contributed by atoms with Crippen LogP contribution in [-0.4, -0.2) is 41.2 Å². The molecule has 4 aromatic carbocycles. The number of hydrogen-bond donors (Lipinski definition) is 1. The van der Waals surface area contributed by atoms with Gasteiger partial charge in [0.15, 0.2) is 5.71 Å². The number of benzene rings is 4. The third kappa shape index (κ3) is 4.59. The van der Waals surface area contributed by atoms with Gasteiger partial charge in [0.2, 0.25) is 17.9 Å². The van der Waals surface area contributed by atoms with Gasteiger partial charge in [-0.3, -0.25) is 9.59 Å². The fourth-order valence-corrected chi connectivity index (χ4v) is 5.07. The number of aliphatic hydroxyl groups is 1. The van der Waals surface area contributed by atoms with E-state index >= 15 is 0 Å². The Bertz CT molecular complexity index is 1330. The number of thioether (sulfide) groups is 2. The number of Topliss-reactive ketones (excluding diaryl/α,β-unsaturated/α-hetero) is 2. The Labute approximate surface area is 206 Å². The lowest BCUT2D eigenvalue weighted by Crippen LogP contribution is -2.26. The van der Waals surface area contributed by atoms with Crippen LogP contribution >= 0.6 is 23.5 Å². The summed E-state index contributed by atoms with van der Waals surface area (Å²) in [7, 11) is 0. The van der Waals surface area contributed by atoms with Crippen molar-refractivity contribution in [1.29, 1.82) is 0 Å². The van der Waals surface area contributed by atoms with Crippen molar-refractivity contribution in [3.05, 3.63) is 83.9 Å². The van der Waals surface area contributed by atoms with Crippen LogP contribution in [0.15, 0.2) is 87.7 Å². The van der Waals surface area contributed by atoms with E-state index in [9.17, 15) is 14.7 Å². The first-order chi connectivity index (χ1) is 16.5. The van der Waals surface area contributed by atoms with Crippen molar-refractivity contribution in [3.63, 3.8) is 0 Å². The minimum atomic E-state index is -1.28. The molecule has 0 radical (unpaired) electrons. The van der Waals surface area contributed by atoms with Crippen LogP contribution in [-0.2, 0) is 4.84 Å². The molecule has 5 nitrogen and oxygen atoms in total. The van der Waals surface area contributed by atoms with Crippen molar-refractivity contribution in [1.82, 2.24) is 0 Å². The Morgan fingerprint density at radius 2 is 1.15 bits per heavy atom. The lowest BCUT2D eigenvalue weighted by Gasteiger charge is -2.13. The van der Waals surface area contributed by atoms with E-state index in [2.05, 4.69) is 5.16 Å². The van der Waals surface area contributed by atoms with Crippen molar-refractivity contribution in [2.75, 3.05) is 12.5 Å². The third-order valence-corrected chi connectivity index (χ3v) is 7.02. The number of oxime groups is 1. The lowest BCUT2D eigenvalue weighted by molar-refractivity contribution is -0.0835. The lowest BCUT2D eigenvalue weighted by atomic mass is 9.93. The molecule has 0 aromatic heterocycles. The van der Waals surface area contributed by atoms with Crippen LogP contribution in [0, 0.1) is 0 Å². The average Bonchev–Trinajstić information content (AvgIpc) is 2.87. The predicted octanol–water partition coefficient (Wildman–Crippen LogP) is 6.21. The first-order valence-electron chi connectivity index (χ1n) is 10.6. The van der Waals surface area contributed by atoms with E-state index in [4.69, 9.17) is 4.84 Å². The molecule has 0 fully saturated rings. The minimum Gasteiger partial charge on any atom is -0.363 e. The van der Waals surface area contributed by atoms with Gasteiger partial charge in [-0.1, -0.05) is 53.7 Å². The number of aliphatic hydroxyl groups excluding tert-OH is 1. The second kappa shape index (κ2) is 10.4. The average molecular weight is 490 g/mol. The van der Waals surface area contributed by atoms with Gasteiger partial charge < -0.3 is 9.94 Å². The van der Waals surface area contributed by atoms with Crippen molar-refractivity contribution in [3.8, 4) is 0 Å². The van der Waals surface area contributed by atoms with Crippen molar-refractivity contribution < 1.29 is 19.5 Å². The standard InChI is InChI=1S/C27H23NO4S2/c1-16(29)32-28-25(26(30)21-12-14-23(33-2)19-10-6-4-8-17(19)21)27(31)22-13-15-24(34-3)20-11-7-5-9-18(20)22/h4-16,29H,1-3H3. The maximum atomic E-state index is 13.7. The Kier molecular flexibility index (Phi) is 7.36. The van der Waals surface area contributed by atoms with Crippen LogP contribution in [0.2, 0.25) is 0 Å². The molecule has 0 aliphatic carbocycles. The normalized spacial score (nSPS) is 11.9. The van der Waals surface area contributed by atoms with Crippen LogP contribution in [0.5, 0.6) is 0 Å². The minimum absolute atomic E-state index is 0.347. The van der Waals surface area contributed by atoms with Crippen molar-refractivity contribution >= 4 is 62.3 Å². The predicted molar refractivity (Wildman–Crippen MR) is 140 cm³/mol. The SMILES string of the molecule is CSc1ccc(C(=O)C(=NOC(C)O)C(=O)c2ccc(SC)c3ccccc23)c2ccccc12. The second-order valence-electron chi connectivity index (χ2n) is 7.52. The number of ketones is 2. The number of fused-ring (bicyclic) bond motifs is 2. The summed E-state index contributed by atoms with van der Waals surface area (Å²) in [6.07, 6.45) is 2.67. The molecule has 34 heavy (non-hydrogen) atoms. The van der Waals surface area contributed by atoms with E-state index in [1.165, 1.54) is 6.92 Å². The number of carbonyl (C=O) groups is 2. The van der Waals surface area contributed by atoms with Gasteiger partial charge >= 0.3 is 0 Å². The van der Waals surface area contributed by atoms with Gasteiger partial charge in [0.25, 0.3) is 0 Å². The maximum absolute atomic E-state index is 13.7. The molecule has 0 aliphatic rings. The van der Waals surface area contributed by atoms with E-state index in [0.717, 1.165) is 31.3 Å². The summed E-state index contributed by atoms with van der Waals surface area (Å²) in [5, 5.41) is 16.7. The molecule has 1 atom stereocenters. The topological polar surface area (TPSA) is 76.0 Å². The maximum Gasteiger partial charge on any atom is 0.221 e. The van der Waals surface area contributed by atoms with Gasteiger partial charge in [-0.15, -0.1) is 23.5 Å². The molecular weight excluding hydrogens is 466 g/mol. The summed E-state index contributed by atoms with van der Waals surface area (Å²) in [6, 6.07) is 22.2. The zero-order chi connectivity index (χ0) is 24.2. The van der Waals surface area contributed by atoms with Crippen LogP contribution in [0.3, 0.4) is 0 Å². The van der Waals surface area contributed by atoms with Crippen molar-refractivity contribution in [2.45, 2.75) is 23.0 Å². The number of carbonyl (C=O) groups excluding carboxylic acids is 2. The molecule has 4 aromatic rings. The molecule has 0 aliphatic heterocycles. The highest BCUT2D eigenvalue weighted by Gasteiger charge is 2.28. The molecule has 1 N–H and O–H groups in total. The van der Waals surface area contributed by atoms with Gasteiger partial charge in [-0.25, -0.2) is 0 Å². The van der Waals surface area contributed by atoms with E-state index in [-0.39, 0.29) is 5.71 Å². The monoisotopic (exact) mass is 489 g/mol. The van der Waals surface area contributed by atoms with Crippen LogP contribution < -0.4 is 0 Å². The number of rotatable bonds is 8. The van der Waals surface area contributed by atoms with E-state index in [1.54, 1.807) is 35.7 Å². The summed E-state index contributed by atoms with van der Waals surface area (Å²) in [5.74, 6) is -1.12. The molecule has 7 heteroatoms. The van der Waals surface area contributed by atoms with Gasteiger partial charge in [-0.05, 0) is 58.3 Å². The first-order valence-corrected chi connectivity index (χ1v) is 13.0. The summed E-state index contributed by atoms with van der Waals surface area (Å²) in [5.41, 5.74) is 0.310. The third-order valence-electron chi connectivity index (χ3n) is 5.42. The molecular formula is C27H23NO4S2. The Hall–Kier alpha value is -3.13. The highest BCUT2D eigenvalue weighted by atomic mass is 32.2. The van der Waals surface area contributed by atoms with Gasteiger partial charge in [-0.2, -0.15) is 0 Å². The molecule has 0 bridgehead atoms. The Balaban J connectivity index is 1.87. The Morgan fingerprint density at radius 1 is 0.735 bits per heavy atom. The Morgan fingerprint density at radius 3 is 1.53 bits per heavy atom. The van der Waals surface area contributed by atoms with Crippen LogP contribution in [0.25, 0.3) is 21.5 Å². The summed E-state index contributed by atoms with van der Waals surface area (Å²) >= 11 is 3.16. The van der Waals surface area contributed by atoms with Gasteiger partial charge in [0, 0.05) is 27.8 Å². The van der Waals surface area contributed by atoms with Gasteiger partial charge in [0.05, 0.1) is 0 Å². The zero-order valence-corrected chi connectivity index (χ0v) is 20.6. The highest BCUT2D eigenvalue weighted by Crippen LogP contribution is 2.31. The van der Waals surface area contributed by atoms with E-state index in [1.807, 2.05) is 73.2 Å². The molecule has 172 valence electrons. The fourth-order valence-electron chi connectivity index (χ4n) is 3.86. The smallest absolute Gasteiger partial charge is 0.221 e. The fraction of sp³-hybridized carbons (Fsp3) is 0.148. The van der Waals surface area contributed by atoms with Crippen LogP contribution in [0.4, 0.5) is 0 Å². The number of hydrogen-bond acceptors (Lipinski definition) is 7. The summed E-state index contributed by atoms with van der Waals surface area (Å²) < 4.78 is 0. The van der Waals surface area contributed by atoms with E-state index < -0.39 is 17.9 Å². The molecule has 0 amide bonds. The van der Waals surface area contributed by atoms with Gasteiger partial charge in [0.1, 0.15) is 0 Å². The largest absolute Gasteiger partial charge is 0.363 e. The molecule has 0 saturated heterocycles. The summed E-state index contributed by atoms with van der Waals surface area (Å²) in [4.78, 5) is 34.5. The molecule has 0 saturated carbocycles. The number of nitrogens with zero attached hydrogens (tertiary/aromatic N) is 1. The molecule has 0 spiro atoms. The van der Waals surface area contributed by atoms with Crippen molar-refractivity contribution in [2.24, 2.45) is 5.16 Å². The first kappa shape index (κ1) is 24.0. The molecule has 1 unspecified atom stereocenters. The highest BCUT2D eigenvalue weighted by molar-refractivity contribution is 7.99. The summed E-state index contributed by atoms with van der Waals surface area (Å²) in [6.45, 7) is 1.36.